The summed E-state index contributed by atoms with van der Waals surface area (Å²) in [5.41, 5.74) is 5.07. The molecule has 0 aromatic heterocycles. The minimum atomic E-state index is -0.574. The fourth-order valence-electron chi connectivity index (χ4n) is 4.99. The van der Waals surface area contributed by atoms with Crippen molar-refractivity contribution in [1.82, 2.24) is 5.32 Å². The van der Waals surface area contributed by atoms with E-state index in [2.05, 4.69) is 16.0 Å². The lowest BCUT2D eigenvalue weighted by Gasteiger charge is -2.19. The molecule has 3 amide bonds. The third kappa shape index (κ3) is 9.18. The van der Waals surface area contributed by atoms with Gasteiger partial charge >= 0.3 is 0 Å². The van der Waals surface area contributed by atoms with E-state index in [1.165, 1.54) is 18.9 Å². The number of benzene rings is 5. The van der Waals surface area contributed by atoms with Crippen molar-refractivity contribution in [2.75, 3.05) is 24.9 Å². The molecule has 0 aliphatic heterocycles. The molecule has 49 heavy (non-hydrogen) atoms. The maximum Gasteiger partial charge on any atom is 0.272 e. The van der Waals surface area contributed by atoms with E-state index in [4.69, 9.17) is 9.47 Å². The maximum atomic E-state index is 13.8. The summed E-state index contributed by atoms with van der Waals surface area (Å²) < 4.78 is 10.8. The number of ether oxygens (including phenoxy) is 2. The smallest absolute Gasteiger partial charge is 0.272 e. The monoisotopic (exact) mass is 671 g/mol. The standard InChI is InChI=1S/C40H37N3O5S/c1-26-18-19-27(2)34(22-26)42-40(46)37(28-12-7-5-8-13-28)49-33-17-11-16-31(24-33)41-39(45)35(43-38(44)29-14-9-6-10-15-29)23-30-20-21-32(47-3)25-36(30)48-4/h5-25,37H,1-4H3,(H,41,45)(H,42,46)(H,43,44)/b35-23+. The lowest BCUT2D eigenvalue weighted by atomic mass is 10.1. The van der Waals surface area contributed by atoms with Crippen molar-refractivity contribution in [3.05, 3.63) is 155 Å². The van der Waals surface area contributed by atoms with Gasteiger partial charge in [-0.25, -0.2) is 0 Å². The quantitative estimate of drug-likeness (QED) is 0.0913. The van der Waals surface area contributed by atoms with Gasteiger partial charge in [-0.05, 0) is 85.1 Å². The van der Waals surface area contributed by atoms with E-state index >= 15 is 0 Å². The van der Waals surface area contributed by atoms with Crippen LogP contribution < -0.4 is 25.4 Å². The number of amides is 3. The van der Waals surface area contributed by atoms with Crippen LogP contribution in [0.25, 0.3) is 6.08 Å². The van der Waals surface area contributed by atoms with Crippen molar-refractivity contribution in [3.8, 4) is 11.5 Å². The highest BCUT2D eigenvalue weighted by Crippen LogP contribution is 2.37. The van der Waals surface area contributed by atoms with Crippen LogP contribution in [0.5, 0.6) is 11.5 Å². The topological polar surface area (TPSA) is 106 Å². The highest BCUT2D eigenvalue weighted by molar-refractivity contribution is 8.00. The second-order valence-corrected chi connectivity index (χ2v) is 12.4. The van der Waals surface area contributed by atoms with Crippen molar-refractivity contribution in [3.63, 3.8) is 0 Å². The Kier molecular flexibility index (Phi) is 11.5. The molecule has 1 unspecified atom stereocenters. The molecule has 248 valence electrons. The molecular formula is C40H37N3O5S. The number of rotatable bonds is 12. The van der Waals surface area contributed by atoms with Gasteiger partial charge in [0, 0.05) is 33.5 Å². The van der Waals surface area contributed by atoms with Crippen molar-refractivity contribution in [2.45, 2.75) is 24.0 Å². The first-order valence-electron chi connectivity index (χ1n) is 15.6. The average Bonchev–Trinajstić information content (AvgIpc) is 3.12. The molecule has 9 heteroatoms. The van der Waals surface area contributed by atoms with Crippen molar-refractivity contribution in [1.29, 1.82) is 0 Å². The van der Waals surface area contributed by atoms with E-state index in [9.17, 15) is 14.4 Å². The van der Waals surface area contributed by atoms with Crippen LogP contribution in [0.15, 0.2) is 132 Å². The molecular weight excluding hydrogens is 635 g/mol. The molecule has 0 heterocycles. The molecule has 0 fully saturated rings. The van der Waals surface area contributed by atoms with Crippen LogP contribution >= 0.6 is 11.8 Å². The van der Waals surface area contributed by atoms with E-state index in [0.717, 1.165) is 27.3 Å². The molecule has 0 saturated carbocycles. The van der Waals surface area contributed by atoms with E-state index < -0.39 is 17.1 Å². The predicted molar refractivity (Wildman–Crippen MR) is 196 cm³/mol. The molecule has 0 aliphatic rings. The minimum absolute atomic E-state index is 0.00504. The predicted octanol–water partition coefficient (Wildman–Crippen LogP) is 8.20. The summed E-state index contributed by atoms with van der Waals surface area (Å²) in [6.45, 7) is 3.95. The van der Waals surface area contributed by atoms with Crippen LogP contribution in [0.2, 0.25) is 0 Å². The van der Waals surface area contributed by atoms with Crippen LogP contribution in [0.3, 0.4) is 0 Å². The normalized spacial score (nSPS) is 11.6. The third-order valence-corrected chi connectivity index (χ3v) is 8.85. The number of nitrogens with one attached hydrogen (secondary N) is 3. The zero-order valence-electron chi connectivity index (χ0n) is 27.7. The number of aryl methyl sites for hydroxylation is 2. The summed E-state index contributed by atoms with van der Waals surface area (Å²) in [4.78, 5) is 41.5. The summed E-state index contributed by atoms with van der Waals surface area (Å²) in [5.74, 6) is -0.111. The molecule has 1 atom stereocenters. The van der Waals surface area contributed by atoms with Crippen LogP contribution in [0.1, 0.15) is 37.9 Å². The van der Waals surface area contributed by atoms with Crippen molar-refractivity contribution >= 4 is 46.9 Å². The van der Waals surface area contributed by atoms with Gasteiger partial charge in [0.25, 0.3) is 11.8 Å². The fourth-order valence-corrected chi connectivity index (χ4v) is 6.07. The molecule has 0 saturated heterocycles. The molecule has 0 radical (unpaired) electrons. The Morgan fingerprint density at radius 2 is 1.47 bits per heavy atom. The highest BCUT2D eigenvalue weighted by atomic mass is 32.2. The Bertz CT molecular complexity index is 1980. The Balaban J connectivity index is 1.41. The zero-order chi connectivity index (χ0) is 34.8. The average molecular weight is 672 g/mol. The first-order chi connectivity index (χ1) is 23.7. The molecule has 0 spiro atoms. The van der Waals surface area contributed by atoms with E-state index in [1.54, 1.807) is 73.8 Å². The first kappa shape index (κ1) is 34.5. The number of hydrogen-bond acceptors (Lipinski definition) is 6. The lowest BCUT2D eigenvalue weighted by molar-refractivity contribution is -0.116. The van der Waals surface area contributed by atoms with Gasteiger partial charge in [0.1, 0.15) is 22.4 Å². The molecule has 5 aromatic rings. The Morgan fingerprint density at radius 1 is 0.735 bits per heavy atom. The van der Waals surface area contributed by atoms with Gasteiger partial charge in [0.2, 0.25) is 5.91 Å². The number of carbonyl (C=O) groups is 3. The number of anilines is 2. The zero-order valence-corrected chi connectivity index (χ0v) is 28.5. The van der Waals surface area contributed by atoms with Gasteiger partial charge in [-0.2, -0.15) is 0 Å². The first-order valence-corrected chi connectivity index (χ1v) is 16.4. The van der Waals surface area contributed by atoms with Gasteiger partial charge in [0.05, 0.1) is 14.2 Å². The second-order valence-electron chi connectivity index (χ2n) is 11.2. The van der Waals surface area contributed by atoms with E-state index in [1.807, 2.05) is 74.5 Å². The van der Waals surface area contributed by atoms with Gasteiger partial charge in [-0.15, -0.1) is 11.8 Å². The Labute approximate surface area is 290 Å². The fraction of sp³-hybridized carbons (Fsp3) is 0.125. The van der Waals surface area contributed by atoms with Crippen LogP contribution in [-0.4, -0.2) is 31.9 Å². The molecule has 3 N–H and O–H groups in total. The van der Waals surface area contributed by atoms with Crippen LogP contribution in [0.4, 0.5) is 11.4 Å². The summed E-state index contributed by atoms with van der Waals surface area (Å²) in [5, 5.41) is 8.21. The number of thioether (sulfide) groups is 1. The highest BCUT2D eigenvalue weighted by Gasteiger charge is 2.23. The Hall–Kier alpha value is -5.80. The number of methoxy groups -OCH3 is 2. The molecule has 0 aliphatic carbocycles. The summed E-state index contributed by atoms with van der Waals surface area (Å²) in [6, 6.07) is 36.6. The summed E-state index contributed by atoms with van der Waals surface area (Å²) in [7, 11) is 3.07. The van der Waals surface area contributed by atoms with Gasteiger partial charge in [-0.3, -0.25) is 14.4 Å². The SMILES string of the molecule is COc1ccc(/C=C(/NC(=O)c2ccccc2)C(=O)Nc2cccc(SC(C(=O)Nc3cc(C)ccc3C)c3ccccc3)c2)c(OC)c1. The van der Waals surface area contributed by atoms with Gasteiger partial charge in [0.15, 0.2) is 0 Å². The van der Waals surface area contributed by atoms with Crippen molar-refractivity contribution in [2.24, 2.45) is 0 Å². The molecule has 5 aromatic carbocycles. The lowest BCUT2D eigenvalue weighted by Crippen LogP contribution is -2.30. The Morgan fingerprint density at radius 3 is 2.18 bits per heavy atom. The van der Waals surface area contributed by atoms with E-state index in [-0.39, 0.29) is 11.6 Å². The summed E-state index contributed by atoms with van der Waals surface area (Å²) in [6.07, 6.45) is 1.55. The van der Waals surface area contributed by atoms with Gasteiger partial charge in [-0.1, -0.05) is 66.7 Å². The third-order valence-electron chi connectivity index (χ3n) is 7.61. The largest absolute Gasteiger partial charge is 0.497 e. The van der Waals surface area contributed by atoms with Crippen LogP contribution in [0, 0.1) is 13.8 Å². The minimum Gasteiger partial charge on any atom is -0.497 e. The molecule has 8 nitrogen and oxygen atoms in total. The second kappa shape index (κ2) is 16.3. The molecule has 0 bridgehead atoms. The van der Waals surface area contributed by atoms with Crippen LogP contribution in [-0.2, 0) is 9.59 Å². The number of carbonyl (C=O) groups excluding carboxylic acids is 3. The van der Waals surface area contributed by atoms with Gasteiger partial charge < -0.3 is 25.4 Å². The van der Waals surface area contributed by atoms with Crippen molar-refractivity contribution < 1.29 is 23.9 Å². The molecule has 5 rings (SSSR count). The maximum absolute atomic E-state index is 13.8. The summed E-state index contributed by atoms with van der Waals surface area (Å²) >= 11 is 1.37. The number of hydrogen-bond donors (Lipinski definition) is 3. The van der Waals surface area contributed by atoms with E-state index in [0.29, 0.717) is 28.3 Å².